The fourth-order valence-corrected chi connectivity index (χ4v) is 2.17. The van der Waals surface area contributed by atoms with Gasteiger partial charge in [-0.2, -0.15) is 0 Å². The smallest absolute Gasteiger partial charge is 0.229 e. The molecular formula is C18H23N3O. The number of benzene rings is 1. The van der Waals surface area contributed by atoms with Crippen LogP contribution in [0, 0.1) is 6.92 Å². The molecular weight excluding hydrogens is 274 g/mol. The average Bonchev–Trinajstić information content (AvgIpc) is 2.39. The van der Waals surface area contributed by atoms with E-state index in [1.807, 2.05) is 43.3 Å². The van der Waals surface area contributed by atoms with Crippen molar-refractivity contribution in [3.8, 4) is 0 Å². The lowest BCUT2D eigenvalue weighted by atomic mass is 10.1. The molecule has 0 unspecified atom stereocenters. The van der Waals surface area contributed by atoms with Crippen LogP contribution < -0.4 is 10.6 Å². The molecule has 1 amide bonds. The van der Waals surface area contributed by atoms with Gasteiger partial charge in [0.15, 0.2) is 0 Å². The third-order valence-corrected chi connectivity index (χ3v) is 3.00. The highest BCUT2D eigenvalue weighted by Crippen LogP contribution is 2.15. The molecule has 0 atom stereocenters. The van der Waals surface area contributed by atoms with Crippen molar-refractivity contribution in [2.75, 3.05) is 10.6 Å². The molecule has 1 heterocycles. The predicted molar refractivity (Wildman–Crippen MR) is 91.1 cm³/mol. The molecule has 22 heavy (non-hydrogen) atoms. The maximum atomic E-state index is 12.0. The van der Waals surface area contributed by atoms with Crippen LogP contribution in [0.15, 0.2) is 42.6 Å². The lowest BCUT2D eigenvalue weighted by molar-refractivity contribution is -0.115. The SMILES string of the molecule is Cc1cccc(CC(=O)Nc2ccc(NC(C)(C)C)cn2)c1. The van der Waals surface area contributed by atoms with Crippen molar-refractivity contribution in [1.82, 2.24) is 4.98 Å². The van der Waals surface area contributed by atoms with Crippen molar-refractivity contribution in [2.45, 2.75) is 39.7 Å². The average molecular weight is 297 g/mol. The van der Waals surface area contributed by atoms with Gasteiger partial charge >= 0.3 is 0 Å². The summed E-state index contributed by atoms with van der Waals surface area (Å²) in [4.78, 5) is 16.3. The first kappa shape index (κ1) is 16.0. The second-order valence-electron chi connectivity index (χ2n) is 6.52. The molecule has 116 valence electrons. The van der Waals surface area contributed by atoms with E-state index in [1.165, 1.54) is 0 Å². The first-order chi connectivity index (χ1) is 10.3. The van der Waals surface area contributed by atoms with Crippen LogP contribution >= 0.6 is 0 Å². The normalized spacial score (nSPS) is 11.1. The van der Waals surface area contributed by atoms with Crippen LogP contribution in [0.3, 0.4) is 0 Å². The number of amides is 1. The summed E-state index contributed by atoms with van der Waals surface area (Å²) in [6.07, 6.45) is 2.08. The van der Waals surface area contributed by atoms with Crippen LogP contribution in [0.1, 0.15) is 31.9 Å². The minimum atomic E-state index is -0.0605. The fraction of sp³-hybridized carbons (Fsp3) is 0.333. The predicted octanol–water partition coefficient (Wildman–Crippen LogP) is 3.78. The summed E-state index contributed by atoms with van der Waals surface area (Å²) in [6.45, 7) is 8.28. The highest BCUT2D eigenvalue weighted by Gasteiger charge is 2.10. The van der Waals surface area contributed by atoms with E-state index in [2.05, 4.69) is 36.4 Å². The molecule has 0 saturated carbocycles. The number of pyridine rings is 1. The summed E-state index contributed by atoms with van der Waals surface area (Å²) < 4.78 is 0. The van der Waals surface area contributed by atoms with Crippen LogP contribution in [0.4, 0.5) is 11.5 Å². The first-order valence-electron chi connectivity index (χ1n) is 7.41. The van der Waals surface area contributed by atoms with Gasteiger partial charge in [0.1, 0.15) is 5.82 Å². The van der Waals surface area contributed by atoms with Crippen molar-refractivity contribution in [3.63, 3.8) is 0 Å². The molecule has 0 aliphatic carbocycles. The summed E-state index contributed by atoms with van der Waals surface area (Å²) >= 11 is 0. The summed E-state index contributed by atoms with van der Waals surface area (Å²) in [6, 6.07) is 11.7. The number of hydrogen-bond donors (Lipinski definition) is 2. The molecule has 0 saturated heterocycles. The Morgan fingerprint density at radius 1 is 1.18 bits per heavy atom. The summed E-state index contributed by atoms with van der Waals surface area (Å²) in [5, 5.41) is 6.15. The Morgan fingerprint density at radius 3 is 2.55 bits per heavy atom. The topological polar surface area (TPSA) is 54.0 Å². The van der Waals surface area contributed by atoms with Gasteiger partial charge in [-0.3, -0.25) is 4.79 Å². The van der Waals surface area contributed by atoms with Crippen molar-refractivity contribution in [2.24, 2.45) is 0 Å². The van der Waals surface area contributed by atoms with Gasteiger partial charge in [-0.05, 0) is 45.4 Å². The number of anilines is 2. The monoisotopic (exact) mass is 297 g/mol. The molecule has 0 aliphatic rings. The number of carbonyl (C=O) groups excluding carboxylic acids is 1. The van der Waals surface area contributed by atoms with Crippen molar-refractivity contribution >= 4 is 17.4 Å². The quantitative estimate of drug-likeness (QED) is 0.903. The number of carbonyl (C=O) groups is 1. The Kier molecular flexibility index (Phi) is 4.81. The minimum Gasteiger partial charge on any atom is -0.379 e. The highest BCUT2D eigenvalue weighted by atomic mass is 16.1. The Morgan fingerprint density at radius 2 is 1.95 bits per heavy atom. The molecule has 4 heteroatoms. The Balaban J connectivity index is 1.94. The van der Waals surface area contributed by atoms with E-state index in [0.29, 0.717) is 12.2 Å². The fourth-order valence-electron chi connectivity index (χ4n) is 2.17. The molecule has 0 radical (unpaired) electrons. The summed E-state index contributed by atoms with van der Waals surface area (Å²) in [5.41, 5.74) is 3.08. The van der Waals surface area contributed by atoms with Gasteiger partial charge in [0.05, 0.1) is 18.3 Å². The van der Waals surface area contributed by atoms with E-state index in [0.717, 1.165) is 16.8 Å². The third-order valence-electron chi connectivity index (χ3n) is 3.00. The summed E-state index contributed by atoms with van der Waals surface area (Å²) in [7, 11) is 0. The van der Waals surface area contributed by atoms with E-state index in [4.69, 9.17) is 0 Å². The van der Waals surface area contributed by atoms with Gasteiger partial charge in [-0.25, -0.2) is 4.98 Å². The highest BCUT2D eigenvalue weighted by molar-refractivity contribution is 5.91. The maximum Gasteiger partial charge on any atom is 0.229 e. The first-order valence-corrected chi connectivity index (χ1v) is 7.41. The van der Waals surface area contributed by atoms with Gasteiger partial charge in [-0.1, -0.05) is 29.8 Å². The molecule has 0 bridgehead atoms. The Hall–Kier alpha value is -2.36. The van der Waals surface area contributed by atoms with Gasteiger partial charge in [-0.15, -0.1) is 0 Å². The lowest BCUT2D eigenvalue weighted by Gasteiger charge is -2.21. The van der Waals surface area contributed by atoms with E-state index in [9.17, 15) is 4.79 Å². The molecule has 0 fully saturated rings. The number of aromatic nitrogens is 1. The van der Waals surface area contributed by atoms with Crippen LogP contribution in [-0.4, -0.2) is 16.4 Å². The molecule has 1 aromatic carbocycles. The van der Waals surface area contributed by atoms with Crippen molar-refractivity contribution in [1.29, 1.82) is 0 Å². The maximum absolute atomic E-state index is 12.0. The van der Waals surface area contributed by atoms with Crippen LogP contribution in [0.5, 0.6) is 0 Å². The minimum absolute atomic E-state index is 0.0163. The van der Waals surface area contributed by atoms with E-state index < -0.39 is 0 Å². The van der Waals surface area contributed by atoms with Crippen LogP contribution in [0.25, 0.3) is 0 Å². The van der Waals surface area contributed by atoms with Crippen LogP contribution in [-0.2, 0) is 11.2 Å². The molecule has 2 N–H and O–H groups in total. The van der Waals surface area contributed by atoms with Gasteiger partial charge in [0, 0.05) is 5.54 Å². The zero-order chi connectivity index (χ0) is 16.2. The molecule has 2 aromatic rings. The molecule has 4 nitrogen and oxygen atoms in total. The number of nitrogens with zero attached hydrogens (tertiary/aromatic N) is 1. The van der Waals surface area contributed by atoms with Crippen LogP contribution in [0.2, 0.25) is 0 Å². The molecule has 2 rings (SSSR count). The lowest BCUT2D eigenvalue weighted by Crippen LogP contribution is -2.26. The number of hydrogen-bond acceptors (Lipinski definition) is 3. The van der Waals surface area contributed by atoms with E-state index in [-0.39, 0.29) is 11.4 Å². The largest absolute Gasteiger partial charge is 0.379 e. The van der Waals surface area contributed by atoms with Crippen molar-refractivity contribution in [3.05, 3.63) is 53.7 Å². The molecule has 1 aromatic heterocycles. The Bertz CT molecular complexity index is 642. The number of aryl methyl sites for hydroxylation is 1. The standard InChI is InChI=1S/C18H23N3O/c1-13-6-5-7-14(10-13)11-17(22)20-16-9-8-15(12-19-16)21-18(2,3)4/h5-10,12,21H,11H2,1-4H3,(H,19,20,22). The van der Waals surface area contributed by atoms with E-state index >= 15 is 0 Å². The van der Waals surface area contributed by atoms with E-state index in [1.54, 1.807) is 6.20 Å². The zero-order valence-corrected chi connectivity index (χ0v) is 13.6. The Labute approximate surface area is 132 Å². The number of nitrogens with one attached hydrogen (secondary N) is 2. The van der Waals surface area contributed by atoms with Gasteiger partial charge in [0.2, 0.25) is 5.91 Å². The second-order valence-corrected chi connectivity index (χ2v) is 6.52. The zero-order valence-electron chi connectivity index (χ0n) is 13.6. The molecule has 0 aliphatic heterocycles. The number of rotatable bonds is 4. The summed E-state index contributed by atoms with van der Waals surface area (Å²) in [5.74, 6) is 0.506. The van der Waals surface area contributed by atoms with Gasteiger partial charge < -0.3 is 10.6 Å². The van der Waals surface area contributed by atoms with Gasteiger partial charge in [0.25, 0.3) is 0 Å². The third kappa shape index (κ3) is 5.20. The second kappa shape index (κ2) is 6.60. The molecule has 0 spiro atoms. The van der Waals surface area contributed by atoms with Crippen molar-refractivity contribution < 1.29 is 4.79 Å².